The van der Waals surface area contributed by atoms with Crippen molar-refractivity contribution in [2.75, 3.05) is 11.7 Å². The Balaban J connectivity index is 1.90. The number of aromatic nitrogens is 1. The van der Waals surface area contributed by atoms with Crippen LogP contribution in [-0.2, 0) is 13.6 Å². The lowest BCUT2D eigenvalue weighted by molar-refractivity contribution is -0.385. The summed E-state index contributed by atoms with van der Waals surface area (Å²) in [5.41, 5.74) is 0.0102. The summed E-state index contributed by atoms with van der Waals surface area (Å²) >= 11 is 0. The Morgan fingerprint density at radius 3 is 2.80 bits per heavy atom. The number of hydrogen-bond donors (Lipinski definition) is 1. The van der Waals surface area contributed by atoms with E-state index in [0.717, 1.165) is 0 Å². The van der Waals surface area contributed by atoms with Gasteiger partial charge in [0.2, 0.25) is 0 Å². The first-order valence-electron chi connectivity index (χ1n) is 7.66. The third-order valence-electron chi connectivity index (χ3n) is 3.86. The molecule has 2 heterocycles. The zero-order valence-corrected chi connectivity index (χ0v) is 14.7. The fraction of sp³-hybridized carbons (Fsp3) is 0.312. The molecule has 9 heteroatoms. The molecule has 3 rings (SSSR count). The molecule has 0 unspecified atom stereocenters. The maximum Gasteiger partial charge on any atom is 0.434 e. The molecule has 1 saturated heterocycles. The van der Waals surface area contributed by atoms with Crippen molar-refractivity contribution in [3.8, 4) is 0 Å². The fourth-order valence-corrected chi connectivity index (χ4v) is 4.36. The smallest absolute Gasteiger partial charge is 0.292 e. The average Bonchev–Trinajstić information content (AvgIpc) is 2.58. The second-order valence-electron chi connectivity index (χ2n) is 6.42. The number of nitro groups is 1. The minimum absolute atomic E-state index is 0.0455. The van der Waals surface area contributed by atoms with E-state index in [2.05, 4.69) is 10.1 Å². The normalized spacial score (nSPS) is 25.3. The molecule has 1 aromatic carbocycles. The Labute approximate surface area is 144 Å². The van der Waals surface area contributed by atoms with Gasteiger partial charge < -0.3 is 0 Å². The maximum absolute atomic E-state index is 13.0. The van der Waals surface area contributed by atoms with Gasteiger partial charge in [0.15, 0.2) is 0 Å². The van der Waals surface area contributed by atoms with Crippen molar-refractivity contribution in [3.05, 3.63) is 64.3 Å². The largest absolute Gasteiger partial charge is 0.434 e. The number of anilines is 1. The van der Waals surface area contributed by atoms with Crippen molar-refractivity contribution < 1.29 is 18.5 Å². The fourth-order valence-electron chi connectivity index (χ4n) is 2.58. The predicted molar refractivity (Wildman–Crippen MR) is 92.1 cm³/mol. The Hall–Kier alpha value is -2.28. The molecule has 8 nitrogen and oxygen atoms in total. The van der Waals surface area contributed by atoms with Gasteiger partial charge in [-0.25, -0.2) is 9.55 Å². The predicted octanol–water partition coefficient (Wildman–Crippen LogP) is 4.32. The summed E-state index contributed by atoms with van der Waals surface area (Å²) in [5, 5.41) is 13.7. The highest BCUT2D eigenvalue weighted by atomic mass is 31.2. The van der Waals surface area contributed by atoms with Crippen LogP contribution in [0.25, 0.3) is 0 Å². The van der Waals surface area contributed by atoms with Gasteiger partial charge in [-0.2, -0.15) is 0 Å². The molecule has 0 radical (unpaired) electrons. The van der Waals surface area contributed by atoms with E-state index in [4.69, 9.17) is 9.05 Å². The minimum Gasteiger partial charge on any atom is -0.292 e. The van der Waals surface area contributed by atoms with Gasteiger partial charge in [-0.1, -0.05) is 32.0 Å². The summed E-state index contributed by atoms with van der Waals surface area (Å²) in [6.07, 6.45) is 0.920. The van der Waals surface area contributed by atoms with Crippen molar-refractivity contribution in [3.63, 3.8) is 0 Å². The average molecular weight is 363 g/mol. The number of nitro benzene ring substituents is 1. The first-order chi connectivity index (χ1) is 11.8. The lowest BCUT2D eigenvalue weighted by Gasteiger charge is -2.41. The molecule has 1 aliphatic rings. The van der Waals surface area contributed by atoms with Gasteiger partial charge in [0, 0.05) is 23.7 Å². The second-order valence-corrected chi connectivity index (χ2v) is 8.11. The Bertz CT molecular complexity index is 828. The summed E-state index contributed by atoms with van der Waals surface area (Å²) in [6, 6.07) is 11.3. The van der Waals surface area contributed by atoms with Crippen LogP contribution in [0.1, 0.15) is 25.5 Å². The lowest BCUT2D eigenvalue weighted by Crippen LogP contribution is -2.34. The number of benzene rings is 1. The van der Waals surface area contributed by atoms with E-state index < -0.39 is 24.2 Å². The SMILES string of the molecule is CC1(C)CO[P@](=O)(Nc2ccccn2)O[C@@H]1c1cccc([N+](=O)[O-])c1. The molecule has 25 heavy (non-hydrogen) atoms. The Morgan fingerprint density at radius 1 is 1.32 bits per heavy atom. The quantitative estimate of drug-likeness (QED) is 0.490. The van der Waals surface area contributed by atoms with Gasteiger partial charge in [0.1, 0.15) is 11.9 Å². The molecule has 1 N–H and O–H groups in total. The molecular formula is C16H18N3O5P. The van der Waals surface area contributed by atoms with Crippen LogP contribution in [-0.4, -0.2) is 16.5 Å². The van der Waals surface area contributed by atoms with E-state index in [9.17, 15) is 14.7 Å². The number of rotatable bonds is 4. The molecule has 0 spiro atoms. The number of nitrogens with one attached hydrogen (secondary N) is 1. The summed E-state index contributed by atoms with van der Waals surface area (Å²) < 4.78 is 24.2. The lowest BCUT2D eigenvalue weighted by atomic mass is 9.83. The molecule has 0 aliphatic carbocycles. The molecule has 0 bridgehead atoms. The van der Waals surface area contributed by atoms with Gasteiger partial charge in [-0.3, -0.25) is 24.2 Å². The zero-order valence-electron chi connectivity index (χ0n) is 13.8. The zero-order chi connectivity index (χ0) is 18.1. The van der Waals surface area contributed by atoms with Crippen LogP contribution < -0.4 is 5.09 Å². The first kappa shape index (κ1) is 17.5. The standard InChI is InChI=1S/C16H18N3O5P/c1-16(2)11-23-25(22,18-14-8-3-4-9-17-14)24-15(16)12-6-5-7-13(10-12)19(20)21/h3-10,15H,11H2,1-2H3,(H,17,18,22)/t15-,25-/m1/s1. The maximum atomic E-state index is 13.0. The van der Waals surface area contributed by atoms with Gasteiger partial charge in [0.25, 0.3) is 5.69 Å². The monoisotopic (exact) mass is 363 g/mol. The third-order valence-corrected chi connectivity index (χ3v) is 5.32. The molecule has 1 fully saturated rings. The van der Waals surface area contributed by atoms with Crippen LogP contribution >= 0.6 is 7.75 Å². The van der Waals surface area contributed by atoms with Crippen molar-refractivity contribution >= 4 is 19.3 Å². The molecule has 2 aromatic rings. The van der Waals surface area contributed by atoms with Crippen molar-refractivity contribution in [2.45, 2.75) is 20.0 Å². The van der Waals surface area contributed by atoms with Crippen molar-refractivity contribution in [1.29, 1.82) is 0 Å². The molecule has 1 aromatic heterocycles. The molecular weight excluding hydrogens is 345 g/mol. The molecule has 0 saturated carbocycles. The van der Waals surface area contributed by atoms with E-state index in [1.165, 1.54) is 12.1 Å². The summed E-state index contributed by atoms with van der Waals surface area (Å²) in [4.78, 5) is 14.6. The van der Waals surface area contributed by atoms with Gasteiger partial charge in [-0.15, -0.1) is 0 Å². The number of hydrogen-bond acceptors (Lipinski definition) is 6. The molecule has 2 atom stereocenters. The van der Waals surface area contributed by atoms with Crippen LogP contribution in [0.2, 0.25) is 0 Å². The summed E-state index contributed by atoms with van der Waals surface area (Å²) in [7, 11) is -3.66. The van der Waals surface area contributed by atoms with Crippen LogP contribution in [0.3, 0.4) is 0 Å². The number of pyridine rings is 1. The van der Waals surface area contributed by atoms with Crippen molar-refractivity contribution in [2.24, 2.45) is 5.41 Å². The van der Waals surface area contributed by atoms with Gasteiger partial charge in [0.05, 0.1) is 11.5 Å². The van der Waals surface area contributed by atoms with E-state index in [1.807, 2.05) is 13.8 Å². The van der Waals surface area contributed by atoms with Gasteiger partial charge in [-0.05, 0) is 17.7 Å². The summed E-state index contributed by atoms with van der Waals surface area (Å²) in [6.45, 7) is 3.94. The summed E-state index contributed by atoms with van der Waals surface area (Å²) in [5.74, 6) is 0.364. The van der Waals surface area contributed by atoms with E-state index in [1.54, 1.807) is 36.5 Å². The van der Waals surface area contributed by atoms with Crippen LogP contribution in [0, 0.1) is 15.5 Å². The van der Waals surface area contributed by atoms with Crippen LogP contribution in [0.15, 0.2) is 48.7 Å². The van der Waals surface area contributed by atoms with Crippen molar-refractivity contribution in [1.82, 2.24) is 4.98 Å². The highest BCUT2D eigenvalue weighted by Crippen LogP contribution is 2.60. The molecule has 0 amide bonds. The Morgan fingerprint density at radius 2 is 2.12 bits per heavy atom. The third kappa shape index (κ3) is 3.87. The second kappa shape index (κ2) is 6.55. The number of nitrogens with zero attached hydrogens (tertiary/aromatic N) is 2. The van der Waals surface area contributed by atoms with E-state index in [0.29, 0.717) is 11.4 Å². The van der Waals surface area contributed by atoms with Crippen LogP contribution in [0.5, 0.6) is 0 Å². The minimum atomic E-state index is -3.66. The van der Waals surface area contributed by atoms with E-state index in [-0.39, 0.29) is 12.3 Å². The highest BCUT2D eigenvalue weighted by molar-refractivity contribution is 7.55. The highest BCUT2D eigenvalue weighted by Gasteiger charge is 2.45. The molecule has 1 aliphatic heterocycles. The number of non-ortho nitro benzene ring substituents is 1. The van der Waals surface area contributed by atoms with E-state index >= 15 is 0 Å². The van der Waals surface area contributed by atoms with Gasteiger partial charge >= 0.3 is 7.75 Å². The first-order valence-corrected chi connectivity index (χ1v) is 9.20. The van der Waals surface area contributed by atoms with Crippen LogP contribution in [0.4, 0.5) is 11.5 Å². The Kier molecular flexibility index (Phi) is 4.60. The topological polar surface area (TPSA) is 104 Å². The molecule has 132 valence electrons.